The summed E-state index contributed by atoms with van der Waals surface area (Å²) in [6.07, 6.45) is 0.0219. The molecule has 0 aromatic carbocycles. The van der Waals surface area contributed by atoms with Crippen LogP contribution >= 0.6 is 11.3 Å². The zero-order chi connectivity index (χ0) is 9.42. The van der Waals surface area contributed by atoms with E-state index in [0.717, 1.165) is 10.7 Å². The predicted molar refractivity (Wildman–Crippen MR) is 50.8 cm³/mol. The Labute approximate surface area is 81.7 Å². The lowest BCUT2D eigenvalue weighted by Gasteiger charge is -1.95. The first-order valence-corrected chi connectivity index (χ1v) is 5.24. The molecule has 2 rings (SSSR count). The highest BCUT2D eigenvalue weighted by molar-refractivity contribution is 7.09. The van der Waals surface area contributed by atoms with Crippen LogP contribution in [-0.4, -0.2) is 18.4 Å². The molecule has 72 valence electrons. The van der Waals surface area contributed by atoms with Gasteiger partial charge in [-0.25, -0.2) is 4.98 Å². The number of aromatic nitrogens is 1. The van der Waals surface area contributed by atoms with Crippen molar-refractivity contribution in [2.24, 2.45) is 0 Å². The molecule has 0 saturated carbocycles. The van der Waals surface area contributed by atoms with Gasteiger partial charge in [-0.3, -0.25) is 0 Å². The van der Waals surface area contributed by atoms with Crippen LogP contribution in [0.15, 0.2) is 5.38 Å². The maximum Gasteiger partial charge on any atom is 0.191 e. The van der Waals surface area contributed by atoms with Crippen molar-refractivity contribution in [2.75, 3.05) is 7.11 Å². The molecule has 4 heteroatoms. The van der Waals surface area contributed by atoms with Gasteiger partial charge in [-0.1, -0.05) is 13.8 Å². The highest BCUT2D eigenvalue weighted by Crippen LogP contribution is 2.40. The minimum atomic E-state index is -0.0637. The Kier molecular flexibility index (Phi) is 2.36. The zero-order valence-electron chi connectivity index (χ0n) is 7.98. The Hall–Kier alpha value is -0.450. The van der Waals surface area contributed by atoms with Gasteiger partial charge in [0, 0.05) is 12.5 Å². The van der Waals surface area contributed by atoms with Crippen LogP contribution in [0.1, 0.15) is 36.6 Å². The first kappa shape index (κ1) is 9.12. The third-order valence-electron chi connectivity index (χ3n) is 2.06. The Morgan fingerprint density at radius 1 is 1.62 bits per heavy atom. The molecule has 2 heterocycles. The van der Waals surface area contributed by atoms with Crippen LogP contribution in [0.5, 0.6) is 0 Å². The van der Waals surface area contributed by atoms with Gasteiger partial charge in [0.15, 0.2) is 12.4 Å². The number of nitrogens with zero attached hydrogens (tertiary/aromatic N) is 1. The van der Waals surface area contributed by atoms with Crippen LogP contribution in [0.3, 0.4) is 0 Å². The molecule has 0 N–H and O–H groups in total. The molecule has 3 nitrogen and oxygen atoms in total. The van der Waals surface area contributed by atoms with Crippen molar-refractivity contribution in [1.82, 2.24) is 4.98 Å². The maximum atomic E-state index is 5.27. The average Bonchev–Trinajstić information content (AvgIpc) is 2.73. The third-order valence-corrected chi connectivity index (χ3v) is 2.98. The van der Waals surface area contributed by atoms with Crippen molar-refractivity contribution < 1.29 is 9.47 Å². The summed E-state index contributed by atoms with van der Waals surface area (Å²) in [6.45, 7) is 4.28. The summed E-state index contributed by atoms with van der Waals surface area (Å²) in [6, 6.07) is 0. The van der Waals surface area contributed by atoms with Crippen molar-refractivity contribution in [3.05, 3.63) is 16.1 Å². The quantitative estimate of drug-likeness (QED) is 0.701. The summed E-state index contributed by atoms with van der Waals surface area (Å²) in [7, 11) is 1.65. The van der Waals surface area contributed by atoms with Gasteiger partial charge in [0.2, 0.25) is 0 Å². The normalized spacial score (nSPS) is 26.8. The minimum Gasteiger partial charge on any atom is -0.353 e. The molecule has 0 amide bonds. The van der Waals surface area contributed by atoms with Gasteiger partial charge in [-0.05, 0) is 5.92 Å². The van der Waals surface area contributed by atoms with E-state index in [4.69, 9.17) is 9.47 Å². The second kappa shape index (κ2) is 3.36. The fraction of sp³-hybridized carbons (Fsp3) is 0.667. The van der Waals surface area contributed by atoms with Crippen molar-refractivity contribution in [2.45, 2.75) is 32.2 Å². The summed E-state index contributed by atoms with van der Waals surface area (Å²) in [5.41, 5.74) is 1.14. The van der Waals surface area contributed by atoms with Crippen LogP contribution in [0, 0.1) is 0 Å². The van der Waals surface area contributed by atoms with Crippen molar-refractivity contribution >= 4 is 11.3 Å². The molecule has 13 heavy (non-hydrogen) atoms. The fourth-order valence-corrected chi connectivity index (χ4v) is 2.17. The van der Waals surface area contributed by atoms with E-state index in [-0.39, 0.29) is 12.4 Å². The zero-order valence-corrected chi connectivity index (χ0v) is 8.80. The van der Waals surface area contributed by atoms with Crippen LogP contribution in [0.2, 0.25) is 0 Å². The summed E-state index contributed by atoms with van der Waals surface area (Å²) in [5, 5.41) is 3.13. The van der Waals surface area contributed by atoms with Gasteiger partial charge in [0.05, 0.1) is 5.69 Å². The predicted octanol–water partition coefficient (Wildman–Crippen LogP) is 2.31. The molecule has 2 unspecified atom stereocenters. The summed E-state index contributed by atoms with van der Waals surface area (Å²) in [4.78, 5) is 4.48. The Morgan fingerprint density at radius 3 is 2.85 bits per heavy atom. The van der Waals surface area contributed by atoms with E-state index in [1.165, 1.54) is 0 Å². The number of ether oxygens (including phenoxy) is 2. The molecule has 0 bridgehead atoms. The first-order chi connectivity index (χ1) is 6.22. The fourth-order valence-electron chi connectivity index (χ4n) is 1.15. The van der Waals surface area contributed by atoms with E-state index in [1.807, 2.05) is 0 Å². The summed E-state index contributed by atoms with van der Waals surface area (Å²) < 4.78 is 10.3. The molecule has 1 aliphatic heterocycles. The molecule has 1 saturated heterocycles. The number of hydrogen-bond donors (Lipinski definition) is 0. The summed E-state index contributed by atoms with van der Waals surface area (Å²) >= 11 is 1.65. The monoisotopic (exact) mass is 199 g/mol. The van der Waals surface area contributed by atoms with E-state index in [9.17, 15) is 0 Å². The lowest BCUT2D eigenvalue weighted by molar-refractivity contribution is 0.0950. The molecule has 0 spiro atoms. The van der Waals surface area contributed by atoms with Gasteiger partial charge in [0.25, 0.3) is 0 Å². The van der Waals surface area contributed by atoms with Gasteiger partial charge >= 0.3 is 0 Å². The van der Waals surface area contributed by atoms with Gasteiger partial charge in [0.1, 0.15) is 5.01 Å². The molecular weight excluding hydrogens is 186 g/mol. The van der Waals surface area contributed by atoms with E-state index >= 15 is 0 Å². The first-order valence-electron chi connectivity index (χ1n) is 4.36. The van der Waals surface area contributed by atoms with Crippen molar-refractivity contribution in [3.8, 4) is 0 Å². The molecule has 1 aliphatic rings. The highest BCUT2D eigenvalue weighted by atomic mass is 32.1. The van der Waals surface area contributed by atoms with E-state index in [2.05, 4.69) is 24.2 Å². The molecule has 0 aliphatic carbocycles. The van der Waals surface area contributed by atoms with Gasteiger partial charge < -0.3 is 9.47 Å². The van der Waals surface area contributed by atoms with Crippen molar-refractivity contribution in [3.63, 3.8) is 0 Å². The second-order valence-electron chi connectivity index (χ2n) is 3.43. The van der Waals surface area contributed by atoms with Crippen LogP contribution < -0.4 is 0 Å². The van der Waals surface area contributed by atoms with E-state index in [1.54, 1.807) is 18.4 Å². The molecule has 1 aromatic rings. The summed E-state index contributed by atoms with van der Waals surface area (Å²) in [5.74, 6) is 0.491. The molecule has 1 aromatic heterocycles. The number of methoxy groups -OCH3 is 1. The second-order valence-corrected chi connectivity index (χ2v) is 4.32. The Bertz CT molecular complexity index is 298. The standard InChI is InChI=1S/C9H13NO2S/c1-5(2)6-4-13-8(10-6)7-9(11-3)12-7/h4-5,7,9H,1-3H3. The topological polar surface area (TPSA) is 34.6 Å². The van der Waals surface area contributed by atoms with Gasteiger partial charge in [-0.15, -0.1) is 11.3 Å². The van der Waals surface area contributed by atoms with E-state index < -0.39 is 0 Å². The maximum absolute atomic E-state index is 5.27. The van der Waals surface area contributed by atoms with Crippen LogP contribution in [0.4, 0.5) is 0 Å². The SMILES string of the molecule is COC1OC1c1nc(C(C)C)cs1. The van der Waals surface area contributed by atoms with Crippen LogP contribution in [0.25, 0.3) is 0 Å². The molecule has 1 fully saturated rings. The smallest absolute Gasteiger partial charge is 0.191 e. The number of hydrogen-bond acceptors (Lipinski definition) is 4. The Morgan fingerprint density at radius 2 is 2.38 bits per heavy atom. The third kappa shape index (κ3) is 1.75. The van der Waals surface area contributed by atoms with Crippen molar-refractivity contribution in [1.29, 1.82) is 0 Å². The molecule has 2 atom stereocenters. The lowest BCUT2D eigenvalue weighted by Crippen LogP contribution is -1.92. The number of thiazole rings is 1. The largest absolute Gasteiger partial charge is 0.353 e. The highest BCUT2D eigenvalue weighted by Gasteiger charge is 2.43. The van der Waals surface area contributed by atoms with E-state index in [0.29, 0.717) is 5.92 Å². The number of rotatable bonds is 3. The van der Waals surface area contributed by atoms with Gasteiger partial charge in [-0.2, -0.15) is 0 Å². The minimum absolute atomic E-state index is 0.0637. The Balaban J connectivity index is 2.07. The molecule has 0 radical (unpaired) electrons. The lowest BCUT2D eigenvalue weighted by atomic mass is 10.2. The number of epoxide rings is 1. The van der Waals surface area contributed by atoms with Crippen LogP contribution in [-0.2, 0) is 9.47 Å². The average molecular weight is 199 g/mol. The molecular formula is C9H13NO2S.